The van der Waals surface area contributed by atoms with Crippen LogP contribution in [0, 0.1) is 32.4 Å². The summed E-state index contributed by atoms with van der Waals surface area (Å²) in [5.74, 6) is 4.40. The molecule has 0 aromatic heterocycles. The molecule has 106 valence electrons. The minimum atomic E-state index is -0.609. The van der Waals surface area contributed by atoms with Crippen molar-refractivity contribution in [1.82, 2.24) is 5.43 Å². The topological polar surface area (TPSA) is 38.0 Å². The third kappa shape index (κ3) is 2.86. The van der Waals surface area contributed by atoms with Crippen molar-refractivity contribution < 1.29 is 8.78 Å². The fraction of sp³-hybridized carbons (Fsp3) is 0.250. The number of nitrogens with one attached hydrogen (secondary N) is 1. The van der Waals surface area contributed by atoms with Gasteiger partial charge in [0.1, 0.15) is 11.6 Å². The van der Waals surface area contributed by atoms with E-state index in [0.29, 0.717) is 5.56 Å². The van der Waals surface area contributed by atoms with E-state index in [-0.39, 0.29) is 0 Å². The molecule has 3 N–H and O–H groups in total. The average molecular weight is 276 g/mol. The van der Waals surface area contributed by atoms with Gasteiger partial charge in [-0.05, 0) is 55.2 Å². The lowest BCUT2D eigenvalue weighted by Gasteiger charge is -2.22. The standard InChI is InChI=1S/C16H18F2N2/c1-9-4-10(2)15(11(3)5-9)16(20-19)12-6-13(17)8-14(18)7-12/h4-8,16,20H,19H2,1-3H3. The van der Waals surface area contributed by atoms with E-state index in [1.54, 1.807) is 0 Å². The predicted octanol–water partition coefficient (Wildman–Crippen LogP) is 3.44. The molecule has 0 saturated carbocycles. The van der Waals surface area contributed by atoms with E-state index < -0.39 is 17.7 Å². The van der Waals surface area contributed by atoms with Crippen LogP contribution in [0.1, 0.15) is 33.9 Å². The van der Waals surface area contributed by atoms with E-state index in [1.807, 2.05) is 32.9 Å². The van der Waals surface area contributed by atoms with E-state index in [4.69, 9.17) is 5.84 Å². The van der Waals surface area contributed by atoms with Crippen molar-refractivity contribution in [1.29, 1.82) is 0 Å². The molecule has 1 unspecified atom stereocenters. The quantitative estimate of drug-likeness (QED) is 0.665. The summed E-state index contributed by atoms with van der Waals surface area (Å²) < 4.78 is 26.8. The van der Waals surface area contributed by atoms with Gasteiger partial charge < -0.3 is 0 Å². The summed E-state index contributed by atoms with van der Waals surface area (Å²) in [4.78, 5) is 0. The Balaban J connectivity index is 2.58. The number of hydrogen-bond acceptors (Lipinski definition) is 2. The van der Waals surface area contributed by atoms with Crippen LogP contribution in [0.5, 0.6) is 0 Å². The Morgan fingerprint density at radius 1 is 0.900 bits per heavy atom. The Labute approximate surface area is 117 Å². The first-order valence-electron chi connectivity index (χ1n) is 6.42. The lowest BCUT2D eigenvalue weighted by Crippen LogP contribution is -2.30. The molecule has 2 nitrogen and oxygen atoms in total. The number of hydrogen-bond donors (Lipinski definition) is 2. The van der Waals surface area contributed by atoms with Crippen LogP contribution in [0.4, 0.5) is 8.78 Å². The van der Waals surface area contributed by atoms with Crippen LogP contribution in [0.25, 0.3) is 0 Å². The molecule has 0 amide bonds. The van der Waals surface area contributed by atoms with Crippen LogP contribution in [-0.2, 0) is 0 Å². The van der Waals surface area contributed by atoms with Crippen LogP contribution in [0.15, 0.2) is 30.3 Å². The minimum Gasteiger partial charge on any atom is -0.271 e. The lowest BCUT2D eigenvalue weighted by molar-refractivity contribution is 0.565. The minimum absolute atomic E-state index is 0.444. The Hall–Kier alpha value is -1.78. The molecule has 0 aliphatic carbocycles. The second-order valence-corrected chi connectivity index (χ2v) is 5.11. The van der Waals surface area contributed by atoms with Crippen LogP contribution in [-0.4, -0.2) is 0 Å². The summed E-state index contributed by atoms with van der Waals surface area (Å²) in [5.41, 5.74) is 7.29. The van der Waals surface area contributed by atoms with Gasteiger partial charge in [0.2, 0.25) is 0 Å². The fourth-order valence-corrected chi connectivity index (χ4v) is 2.73. The second-order valence-electron chi connectivity index (χ2n) is 5.11. The zero-order chi connectivity index (χ0) is 14.9. The van der Waals surface area contributed by atoms with Gasteiger partial charge in [-0.15, -0.1) is 0 Å². The lowest BCUT2D eigenvalue weighted by atomic mass is 9.90. The largest absolute Gasteiger partial charge is 0.271 e. The highest BCUT2D eigenvalue weighted by Gasteiger charge is 2.18. The van der Waals surface area contributed by atoms with Crippen molar-refractivity contribution in [2.24, 2.45) is 5.84 Å². The highest BCUT2D eigenvalue weighted by molar-refractivity contribution is 5.44. The molecule has 0 aliphatic heterocycles. The van der Waals surface area contributed by atoms with Gasteiger partial charge in [0, 0.05) is 6.07 Å². The summed E-state index contributed by atoms with van der Waals surface area (Å²) in [6.07, 6.45) is 0. The van der Waals surface area contributed by atoms with Gasteiger partial charge in [0.25, 0.3) is 0 Å². The maximum Gasteiger partial charge on any atom is 0.126 e. The highest BCUT2D eigenvalue weighted by atomic mass is 19.1. The Morgan fingerprint density at radius 3 is 1.85 bits per heavy atom. The first-order valence-corrected chi connectivity index (χ1v) is 6.42. The highest BCUT2D eigenvalue weighted by Crippen LogP contribution is 2.29. The second kappa shape index (κ2) is 5.69. The molecule has 2 aromatic carbocycles. The molecule has 0 saturated heterocycles. The predicted molar refractivity (Wildman–Crippen MR) is 76.2 cm³/mol. The first-order chi connectivity index (χ1) is 9.42. The van der Waals surface area contributed by atoms with E-state index in [9.17, 15) is 8.78 Å². The molecule has 0 bridgehead atoms. The van der Waals surface area contributed by atoms with Gasteiger partial charge in [0.05, 0.1) is 6.04 Å². The van der Waals surface area contributed by atoms with Crippen molar-refractivity contribution in [2.45, 2.75) is 26.8 Å². The van der Waals surface area contributed by atoms with Crippen molar-refractivity contribution in [3.8, 4) is 0 Å². The number of nitrogens with two attached hydrogens (primary N) is 1. The van der Waals surface area contributed by atoms with E-state index in [1.165, 1.54) is 12.1 Å². The molecule has 0 radical (unpaired) electrons. The van der Waals surface area contributed by atoms with Crippen molar-refractivity contribution >= 4 is 0 Å². The number of rotatable bonds is 3. The molecule has 4 heteroatoms. The monoisotopic (exact) mass is 276 g/mol. The summed E-state index contributed by atoms with van der Waals surface area (Å²) in [6.45, 7) is 5.95. The molecule has 20 heavy (non-hydrogen) atoms. The number of hydrazine groups is 1. The maximum absolute atomic E-state index is 13.4. The zero-order valence-corrected chi connectivity index (χ0v) is 11.8. The molecule has 1 atom stereocenters. The molecule has 0 fully saturated rings. The SMILES string of the molecule is Cc1cc(C)c(C(NN)c2cc(F)cc(F)c2)c(C)c1. The normalized spacial score (nSPS) is 12.5. The molecule has 0 spiro atoms. The van der Waals surface area contributed by atoms with Crippen LogP contribution in [0.2, 0.25) is 0 Å². The first kappa shape index (κ1) is 14.6. The molecule has 2 rings (SSSR count). The number of halogens is 2. The Morgan fingerprint density at radius 2 is 1.40 bits per heavy atom. The average Bonchev–Trinajstić information content (AvgIpc) is 2.32. The van der Waals surface area contributed by atoms with Crippen molar-refractivity contribution in [2.75, 3.05) is 0 Å². The van der Waals surface area contributed by atoms with Crippen molar-refractivity contribution in [3.63, 3.8) is 0 Å². The van der Waals surface area contributed by atoms with Crippen LogP contribution < -0.4 is 11.3 Å². The number of aryl methyl sites for hydroxylation is 3. The van der Waals surface area contributed by atoms with Gasteiger partial charge in [0.15, 0.2) is 0 Å². The van der Waals surface area contributed by atoms with Crippen LogP contribution >= 0.6 is 0 Å². The molecular formula is C16H18F2N2. The van der Waals surface area contributed by atoms with Crippen molar-refractivity contribution in [3.05, 3.63) is 69.8 Å². The smallest absolute Gasteiger partial charge is 0.126 e. The van der Waals surface area contributed by atoms with Gasteiger partial charge in [-0.3, -0.25) is 5.84 Å². The van der Waals surface area contributed by atoms with E-state index >= 15 is 0 Å². The Kier molecular flexibility index (Phi) is 4.16. The molecule has 0 heterocycles. The fourth-order valence-electron chi connectivity index (χ4n) is 2.73. The van der Waals surface area contributed by atoms with E-state index in [2.05, 4.69) is 5.43 Å². The third-order valence-corrected chi connectivity index (χ3v) is 3.41. The number of benzene rings is 2. The van der Waals surface area contributed by atoms with Gasteiger partial charge in [-0.25, -0.2) is 14.2 Å². The summed E-state index contributed by atoms with van der Waals surface area (Å²) in [6, 6.07) is 7.07. The zero-order valence-electron chi connectivity index (χ0n) is 11.8. The van der Waals surface area contributed by atoms with E-state index in [0.717, 1.165) is 28.3 Å². The third-order valence-electron chi connectivity index (χ3n) is 3.41. The Bertz CT molecular complexity index is 595. The maximum atomic E-state index is 13.4. The van der Waals surface area contributed by atoms with Gasteiger partial charge in [-0.1, -0.05) is 17.7 Å². The van der Waals surface area contributed by atoms with Gasteiger partial charge >= 0.3 is 0 Å². The summed E-state index contributed by atoms with van der Waals surface area (Å²) in [7, 11) is 0. The molecule has 2 aromatic rings. The molecular weight excluding hydrogens is 258 g/mol. The summed E-state index contributed by atoms with van der Waals surface area (Å²) in [5, 5.41) is 0. The van der Waals surface area contributed by atoms with Crippen LogP contribution in [0.3, 0.4) is 0 Å². The summed E-state index contributed by atoms with van der Waals surface area (Å²) >= 11 is 0. The molecule has 0 aliphatic rings. The van der Waals surface area contributed by atoms with Gasteiger partial charge in [-0.2, -0.15) is 0 Å².